The Bertz CT molecular complexity index is 587. The van der Waals surface area contributed by atoms with Gasteiger partial charge in [-0.2, -0.15) is 0 Å². The van der Waals surface area contributed by atoms with Gasteiger partial charge in [-0.05, 0) is 50.7 Å². The van der Waals surface area contributed by atoms with Crippen LogP contribution < -0.4 is 10.6 Å². The van der Waals surface area contributed by atoms with E-state index >= 15 is 0 Å². The second-order valence-electron chi connectivity index (χ2n) is 7.71. The van der Waals surface area contributed by atoms with Gasteiger partial charge in [0.05, 0.1) is 0 Å². The lowest BCUT2D eigenvalue weighted by Gasteiger charge is -2.33. The van der Waals surface area contributed by atoms with Gasteiger partial charge in [0, 0.05) is 48.4 Å². The Labute approximate surface area is 155 Å². The van der Waals surface area contributed by atoms with Crippen molar-refractivity contribution < 1.29 is 0 Å². The predicted octanol–water partition coefficient (Wildman–Crippen LogP) is 3.10. The quantitative estimate of drug-likeness (QED) is 0.605. The highest BCUT2D eigenvalue weighted by Gasteiger charge is 2.43. The van der Waals surface area contributed by atoms with E-state index in [0.29, 0.717) is 10.8 Å². The molecule has 1 aromatic carbocycles. The summed E-state index contributed by atoms with van der Waals surface area (Å²) >= 11 is 2.01. The van der Waals surface area contributed by atoms with Gasteiger partial charge in [0.1, 0.15) is 0 Å². The van der Waals surface area contributed by atoms with Crippen molar-refractivity contribution in [2.24, 2.45) is 4.99 Å². The summed E-state index contributed by atoms with van der Waals surface area (Å²) in [6.07, 6.45) is 7.89. The number of guanidine groups is 1. The Balaban J connectivity index is 1.22. The number of nitrogens with one attached hydrogen (secondary N) is 2. The fourth-order valence-corrected chi connectivity index (χ4v) is 4.92. The zero-order valence-electron chi connectivity index (χ0n) is 15.2. The lowest BCUT2D eigenvalue weighted by molar-refractivity contribution is 0.197. The molecule has 4 rings (SSSR count). The Hall–Kier alpha value is -1.20. The number of piperidine rings is 1. The molecule has 0 bridgehead atoms. The van der Waals surface area contributed by atoms with Crippen LogP contribution in [-0.2, 0) is 0 Å². The maximum absolute atomic E-state index is 4.46. The fraction of sp³-hybridized carbons (Fsp3) is 0.650. The molecule has 2 N–H and O–H groups in total. The summed E-state index contributed by atoms with van der Waals surface area (Å²) in [6, 6.07) is 12.2. The minimum atomic E-state index is 0.355. The highest BCUT2D eigenvalue weighted by molar-refractivity contribution is 8.01. The van der Waals surface area contributed by atoms with Crippen molar-refractivity contribution >= 4 is 17.7 Å². The van der Waals surface area contributed by atoms with Crippen LogP contribution in [0.3, 0.4) is 0 Å². The molecule has 1 aliphatic heterocycles. The number of benzene rings is 1. The largest absolute Gasteiger partial charge is 0.355 e. The van der Waals surface area contributed by atoms with Crippen LogP contribution in [-0.4, -0.2) is 54.4 Å². The second kappa shape index (κ2) is 7.58. The van der Waals surface area contributed by atoms with E-state index in [1.54, 1.807) is 0 Å². The van der Waals surface area contributed by atoms with Crippen LogP contribution in [0.4, 0.5) is 0 Å². The monoisotopic (exact) mass is 358 g/mol. The Morgan fingerprint density at radius 1 is 1.16 bits per heavy atom. The Morgan fingerprint density at radius 3 is 2.48 bits per heavy atom. The highest BCUT2D eigenvalue weighted by atomic mass is 32.2. The molecule has 0 spiro atoms. The summed E-state index contributed by atoms with van der Waals surface area (Å²) in [4.78, 5) is 8.50. The molecule has 5 heteroatoms. The molecule has 2 aliphatic carbocycles. The Morgan fingerprint density at radius 2 is 1.88 bits per heavy atom. The Kier molecular flexibility index (Phi) is 5.23. The van der Waals surface area contributed by atoms with E-state index in [9.17, 15) is 0 Å². The number of nitrogens with zero attached hydrogens (tertiary/aromatic N) is 2. The average Bonchev–Trinajstić information content (AvgIpc) is 3.56. The number of hydrogen-bond acceptors (Lipinski definition) is 3. The molecule has 0 amide bonds. The van der Waals surface area contributed by atoms with Crippen LogP contribution >= 0.6 is 11.8 Å². The molecular weight excluding hydrogens is 328 g/mol. The highest BCUT2D eigenvalue weighted by Crippen LogP contribution is 2.51. The van der Waals surface area contributed by atoms with Gasteiger partial charge in [-0.1, -0.05) is 18.2 Å². The van der Waals surface area contributed by atoms with Gasteiger partial charge in [0.2, 0.25) is 0 Å². The SMILES string of the molecule is CN=C(NCC1(Sc2ccccc2)CC1)NC1CCN(C2CC2)CC1. The van der Waals surface area contributed by atoms with Gasteiger partial charge >= 0.3 is 0 Å². The fourth-order valence-electron chi connectivity index (χ4n) is 3.67. The van der Waals surface area contributed by atoms with Crippen molar-refractivity contribution in [2.75, 3.05) is 26.7 Å². The van der Waals surface area contributed by atoms with E-state index in [1.165, 1.54) is 56.5 Å². The standard InChI is InChI=1S/C20H30N4S/c1-21-19(23-16-9-13-24(14-10-16)17-7-8-17)22-15-20(11-12-20)25-18-5-3-2-4-6-18/h2-6,16-17H,7-15H2,1H3,(H2,21,22,23). The number of rotatable bonds is 6. The van der Waals surface area contributed by atoms with E-state index < -0.39 is 0 Å². The topological polar surface area (TPSA) is 39.7 Å². The molecule has 4 nitrogen and oxygen atoms in total. The molecule has 0 unspecified atom stereocenters. The summed E-state index contributed by atoms with van der Waals surface area (Å²) < 4.78 is 0.355. The van der Waals surface area contributed by atoms with E-state index in [-0.39, 0.29) is 0 Å². The minimum absolute atomic E-state index is 0.355. The van der Waals surface area contributed by atoms with Crippen molar-refractivity contribution in [2.45, 2.75) is 60.3 Å². The molecule has 3 fully saturated rings. The molecule has 136 valence electrons. The summed E-state index contributed by atoms with van der Waals surface area (Å²) in [5.74, 6) is 0.977. The molecule has 0 radical (unpaired) electrons. The first-order chi connectivity index (χ1) is 12.3. The first-order valence-electron chi connectivity index (χ1n) is 9.72. The molecule has 3 aliphatic rings. The van der Waals surface area contributed by atoms with Gasteiger partial charge in [0.15, 0.2) is 5.96 Å². The van der Waals surface area contributed by atoms with Crippen molar-refractivity contribution in [1.82, 2.24) is 15.5 Å². The first-order valence-corrected chi connectivity index (χ1v) is 10.5. The normalized spacial score (nSPS) is 24.1. The van der Waals surface area contributed by atoms with Crippen LogP contribution in [0, 0.1) is 0 Å². The van der Waals surface area contributed by atoms with Crippen LogP contribution in [0.15, 0.2) is 40.2 Å². The van der Waals surface area contributed by atoms with Gasteiger partial charge in [-0.15, -0.1) is 11.8 Å². The van der Waals surface area contributed by atoms with Crippen molar-refractivity contribution in [3.05, 3.63) is 30.3 Å². The second-order valence-corrected chi connectivity index (χ2v) is 9.25. The molecule has 1 aromatic rings. The lowest BCUT2D eigenvalue weighted by atomic mass is 10.1. The van der Waals surface area contributed by atoms with Crippen molar-refractivity contribution in [3.63, 3.8) is 0 Å². The molecule has 25 heavy (non-hydrogen) atoms. The van der Waals surface area contributed by atoms with Gasteiger partial charge in [-0.25, -0.2) is 0 Å². The molecule has 0 aromatic heterocycles. The average molecular weight is 359 g/mol. The number of thioether (sulfide) groups is 1. The maximum Gasteiger partial charge on any atom is 0.191 e. The zero-order chi connectivity index (χ0) is 17.1. The molecule has 1 heterocycles. The first kappa shape index (κ1) is 17.2. The smallest absolute Gasteiger partial charge is 0.191 e. The molecule has 1 saturated heterocycles. The number of hydrogen-bond donors (Lipinski definition) is 2. The lowest BCUT2D eigenvalue weighted by Crippen LogP contribution is -2.50. The van der Waals surface area contributed by atoms with Crippen LogP contribution in [0.1, 0.15) is 38.5 Å². The van der Waals surface area contributed by atoms with Crippen LogP contribution in [0.25, 0.3) is 0 Å². The molecule has 2 saturated carbocycles. The maximum atomic E-state index is 4.46. The van der Waals surface area contributed by atoms with E-state index in [4.69, 9.17) is 0 Å². The third-order valence-corrected chi connectivity index (χ3v) is 7.11. The summed E-state index contributed by atoms with van der Waals surface area (Å²) in [5.41, 5.74) is 0. The third kappa shape index (κ3) is 4.70. The van der Waals surface area contributed by atoms with Crippen molar-refractivity contribution in [3.8, 4) is 0 Å². The van der Waals surface area contributed by atoms with E-state index in [2.05, 4.69) is 50.9 Å². The summed E-state index contributed by atoms with van der Waals surface area (Å²) in [7, 11) is 1.89. The molecular formula is C20H30N4S. The predicted molar refractivity (Wildman–Crippen MR) is 106 cm³/mol. The van der Waals surface area contributed by atoms with Gasteiger partial charge in [0.25, 0.3) is 0 Å². The van der Waals surface area contributed by atoms with Gasteiger partial charge < -0.3 is 15.5 Å². The summed E-state index contributed by atoms with van der Waals surface area (Å²) in [6.45, 7) is 3.48. The molecule has 0 atom stereocenters. The van der Waals surface area contributed by atoms with E-state index in [0.717, 1.165) is 18.5 Å². The summed E-state index contributed by atoms with van der Waals surface area (Å²) in [5, 5.41) is 7.24. The van der Waals surface area contributed by atoms with Crippen LogP contribution in [0.5, 0.6) is 0 Å². The minimum Gasteiger partial charge on any atom is -0.355 e. The number of aliphatic imine (C=N–C) groups is 1. The van der Waals surface area contributed by atoms with Crippen LogP contribution in [0.2, 0.25) is 0 Å². The van der Waals surface area contributed by atoms with E-state index in [1.807, 2.05) is 18.8 Å². The number of likely N-dealkylation sites (tertiary alicyclic amines) is 1. The van der Waals surface area contributed by atoms with Crippen molar-refractivity contribution in [1.29, 1.82) is 0 Å². The van der Waals surface area contributed by atoms with Gasteiger partial charge in [-0.3, -0.25) is 4.99 Å². The zero-order valence-corrected chi connectivity index (χ0v) is 16.0. The third-order valence-electron chi connectivity index (χ3n) is 5.62.